The number of aromatic nitrogens is 3. The molecule has 1 atom stereocenters. The van der Waals surface area contributed by atoms with E-state index in [1.54, 1.807) is 11.8 Å². The minimum absolute atomic E-state index is 0.106. The maximum Gasteiger partial charge on any atom is 0.358 e. The molecule has 0 bridgehead atoms. The van der Waals surface area contributed by atoms with Crippen molar-refractivity contribution >= 4 is 17.8 Å². The van der Waals surface area contributed by atoms with Crippen molar-refractivity contribution in [1.29, 1.82) is 0 Å². The van der Waals surface area contributed by atoms with Gasteiger partial charge in [0.05, 0.1) is 6.20 Å². The minimum Gasteiger partial charge on any atom is -0.476 e. The Balaban J connectivity index is 1.85. The van der Waals surface area contributed by atoms with Crippen LogP contribution in [0.2, 0.25) is 0 Å². The van der Waals surface area contributed by atoms with Gasteiger partial charge < -0.3 is 15.3 Å². The van der Waals surface area contributed by atoms with Gasteiger partial charge in [-0.3, -0.25) is 9.59 Å². The molecule has 1 aromatic rings. The predicted octanol–water partition coefficient (Wildman–Crippen LogP) is -0.897. The monoisotopic (exact) mass is 295 g/mol. The van der Waals surface area contributed by atoms with E-state index in [4.69, 9.17) is 5.11 Å². The van der Waals surface area contributed by atoms with Crippen LogP contribution in [0.15, 0.2) is 6.20 Å². The first-order chi connectivity index (χ1) is 9.97. The first kappa shape index (κ1) is 14.9. The van der Waals surface area contributed by atoms with Crippen LogP contribution in [0, 0.1) is 0 Å². The maximum absolute atomic E-state index is 12.0. The minimum atomic E-state index is -1.21. The first-order valence-corrected chi connectivity index (χ1v) is 6.69. The highest BCUT2D eigenvalue weighted by Crippen LogP contribution is 2.08. The summed E-state index contributed by atoms with van der Waals surface area (Å²) in [5.41, 5.74) is -0.232. The molecule has 1 fully saturated rings. The van der Waals surface area contributed by atoms with Crippen LogP contribution in [-0.4, -0.2) is 61.9 Å². The van der Waals surface area contributed by atoms with Crippen LogP contribution in [0.1, 0.15) is 30.3 Å². The fourth-order valence-electron chi connectivity index (χ4n) is 2.18. The summed E-state index contributed by atoms with van der Waals surface area (Å²) in [5, 5.41) is 18.2. The van der Waals surface area contributed by atoms with Gasteiger partial charge in [-0.25, -0.2) is 9.48 Å². The van der Waals surface area contributed by atoms with E-state index in [2.05, 4.69) is 15.6 Å². The Morgan fingerprint density at radius 1 is 1.38 bits per heavy atom. The van der Waals surface area contributed by atoms with Crippen molar-refractivity contribution in [2.24, 2.45) is 0 Å². The van der Waals surface area contributed by atoms with Crippen LogP contribution >= 0.6 is 0 Å². The van der Waals surface area contributed by atoms with Gasteiger partial charge in [0.15, 0.2) is 5.69 Å². The van der Waals surface area contributed by atoms with E-state index in [-0.39, 0.29) is 18.1 Å². The summed E-state index contributed by atoms with van der Waals surface area (Å²) in [6, 6.07) is -0.613. The first-order valence-electron chi connectivity index (χ1n) is 6.69. The maximum atomic E-state index is 12.0. The molecule has 1 unspecified atom stereocenters. The Morgan fingerprint density at radius 2 is 2.05 bits per heavy atom. The van der Waals surface area contributed by atoms with Crippen LogP contribution in [0.4, 0.5) is 0 Å². The highest BCUT2D eigenvalue weighted by Gasteiger charge is 2.24. The standard InChI is InChI=1S/C12H17N5O4/c1-8(11(19)16-4-2-3-5-16)13-10(18)7-17-6-9(12(20)21)14-15-17/h6,8H,2-5,7H2,1H3,(H,13,18)(H,20,21). The molecule has 21 heavy (non-hydrogen) atoms. The van der Waals surface area contributed by atoms with Crippen molar-refractivity contribution in [1.82, 2.24) is 25.2 Å². The molecule has 2 N–H and O–H groups in total. The molecule has 0 saturated carbocycles. The third kappa shape index (κ3) is 3.77. The summed E-state index contributed by atoms with van der Waals surface area (Å²) in [6.45, 7) is 2.90. The number of likely N-dealkylation sites (tertiary alicyclic amines) is 1. The molecule has 2 heterocycles. The average Bonchev–Trinajstić information content (AvgIpc) is 3.08. The van der Waals surface area contributed by atoms with E-state index < -0.39 is 17.9 Å². The van der Waals surface area contributed by atoms with Gasteiger partial charge in [0.1, 0.15) is 12.6 Å². The number of carboxylic acid groups (broad SMARTS) is 1. The quantitative estimate of drug-likeness (QED) is 0.727. The number of carbonyl (C=O) groups is 3. The van der Waals surface area contributed by atoms with Gasteiger partial charge >= 0.3 is 5.97 Å². The molecule has 9 nitrogen and oxygen atoms in total. The van der Waals surface area contributed by atoms with E-state index in [0.29, 0.717) is 0 Å². The summed E-state index contributed by atoms with van der Waals surface area (Å²) in [7, 11) is 0. The second kappa shape index (κ2) is 6.33. The largest absolute Gasteiger partial charge is 0.476 e. The van der Waals surface area contributed by atoms with E-state index in [1.807, 2.05) is 0 Å². The lowest BCUT2D eigenvalue weighted by Gasteiger charge is -2.21. The molecule has 9 heteroatoms. The molecule has 0 aliphatic carbocycles. The van der Waals surface area contributed by atoms with E-state index in [9.17, 15) is 14.4 Å². The molecule has 1 aromatic heterocycles. The third-order valence-corrected chi connectivity index (χ3v) is 3.23. The Bertz CT molecular complexity index is 550. The number of nitrogens with zero attached hydrogens (tertiary/aromatic N) is 4. The molecule has 1 aliphatic rings. The number of aromatic carboxylic acids is 1. The van der Waals surface area contributed by atoms with Crippen molar-refractivity contribution in [3.8, 4) is 0 Å². The molecule has 114 valence electrons. The molecular weight excluding hydrogens is 278 g/mol. The number of carbonyl (C=O) groups excluding carboxylic acids is 2. The third-order valence-electron chi connectivity index (χ3n) is 3.23. The zero-order valence-electron chi connectivity index (χ0n) is 11.7. The lowest BCUT2D eigenvalue weighted by molar-refractivity contribution is -0.135. The molecule has 2 rings (SSSR count). The smallest absolute Gasteiger partial charge is 0.358 e. The molecule has 0 aromatic carbocycles. The van der Waals surface area contributed by atoms with Crippen LogP contribution in [0.5, 0.6) is 0 Å². The number of rotatable bonds is 5. The number of carboxylic acids is 1. The second-order valence-electron chi connectivity index (χ2n) is 4.93. The SMILES string of the molecule is CC(NC(=O)Cn1cc(C(=O)O)nn1)C(=O)N1CCCC1. The van der Waals surface area contributed by atoms with Gasteiger partial charge in [-0.05, 0) is 19.8 Å². The van der Waals surface area contributed by atoms with Crippen molar-refractivity contribution in [3.05, 3.63) is 11.9 Å². The summed E-state index contributed by atoms with van der Waals surface area (Å²) < 4.78 is 1.12. The van der Waals surface area contributed by atoms with Gasteiger partial charge in [-0.15, -0.1) is 5.10 Å². The fraction of sp³-hybridized carbons (Fsp3) is 0.583. The highest BCUT2D eigenvalue weighted by molar-refractivity contribution is 5.87. The Labute approximate surface area is 120 Å². The van der Waals surface area contributed by atoms with Crippen molar-refractivity contribution in [2.45, 2.75) is 32.4 Å². The Morgan fingerprint density at radius 3 is 2.62 bits per heavy atom. The van der Waals surface area contributed by atoms with E-state index in [0.717, 1.165) is 36.8 Å². The van der Waals surface area contributed by atoms with Crippen molar-refractivity contribution in [2.75, 3.05) is 13.1 Å². The summed E-state index contributed by atoms with van der Waals surface area (Å²) in [4.78, 5) is 36.2. The van der Waals surface area contributed by atoms with Gasteiger partial charge in [-0.1, -0.05) is 5.21 Å². The molecule has 1 aliphatic heterocycles. The Kier molecular flexibility index (Phi) is 4.51. The van der Waals surface area contributed by atoms with Crippen molar-refractivity contribution in [3.63, 3.8) is 0 Å². The zero-order chi connectivity index (χ0) is 15.4. The topological polar surface area (TPSA) is 117 Å². The van der Waals surface area contributed by atoms with Gasteiger partial charge in [-0.2, -0.15) is 0 Å². The van der Waals surface area contributed by atoms with Crippen LogP contribution in [0.3, 0.4) is 0 Å². The average molecular weight is 295 g/mol. The van der Waals surface area contributed by atoms with Crippen molar-refractivity contribution < 1.29 is 19.5 Å². The second-order valence-corrected chi connectivity index (χ2v) is 4.93. The lowest BCUT2D eigenvalue weighted by Crippen LogP contribution is -2.46. The van der Waals surface area contributed by atoms with E-state index in [1.165, 1.54) is 0 Å². The fourth-order valence-corrected chi connectivity index (χ4v) is 2.18. The number of hydrogen-bond acceptors (Lipinski definition) is 5. The summed E-state index contributed by atoms with van der Waals surface area (Å²) in [5.74, 6) is -1.73. The van der Waals surface area contributed by atoms with Crippen LogP contribution < -0.4 is 5.32 Å². The summed E-state index contributed by atoms with van der Waals surface area (Å²) >= 11 is 0. The van der Waals surface area contributed by atoms with Gasteiger partial charge in [0.2, 0.25) is 11.8 Å². The predicted molar refractivity (Wildman–Crippen MR) is 70.4 cm³/mol. The molecule has 2 amide bonds. The molecular formula is C12H17N5O4. The Hall–Kier alpha value is -2.45. The number of hydrogen-bond donors (Lipinski definition) is 2. The summed E-state index contributed by atoms with van der Waals surface area (Å²) in [6.07, 6.45) is 3.14. The van der Waals surface area contributed by atoms with E-state index >= 15 is 0 Å². The molecule has 0 spiro atoms. The molecule has 0 radical (unpaired) electrons. The number of amides is 2. The highest BCUT2D eigenvalue weighted by atomic mass is 16.4. The number of nitrogens with one attached hydrogen (secondary N) is 1. The van der Waals surface area contributed by atoms with Crippen LogP contribution in [-0.2, 0) is 16.1 Å². The van der Waals surface area contributed by atoms with Gasteiger partial charge in [0.25, 0.3) is 0 Å². The lowest BCUT2D eigenvalue weighted by atomic mass is 10.3. The zero-order valence-corrected chi connectivity index (χ0v) is 11.7. The normalized spacial score (nSPS) is 15.8. The van der Waals surface area contributed by atoms with Crippen LogP contribution in [0.25, 0.3) is 0 Å². The molecule has 1 saturated heterocycles. The van der Waals surface area contributed by atoms with Gasteiger partial charge in [0, 0.05) is 13.1 Å².